The van der Waals surface area contributed by atoms with E-state index in [2.05, 4.69) is 6.92 Å². The van der Waals surface area contributed by atoms with Crippen LogP contribution in [0.25, 0.3) is 0 Å². The van der Waals surface area contributed by atoms with Crippen molar-refractivity contribution in [3.05, 3.63) is 23.8 Å². The zero-order valence-electron chi connectivity index (χ0n) is 14.4. The van der Waals surface area contributed by atoms with Crippen LogP contribution in [0.2, 0.25) is 0 Å². The molecule has 5 nitrogen and oxygen atoms in total. The molecular formula is C18H29NO4. The van der Waals surface area contributed by atoms with Gasteiger partial charge >= 0.3 is 5.97 Å². The second kappa shape index (κ2) is 10.1. The van der Waals surface area contributed by atoms with Gasteiger partial charge in [0, 0.05) is 6.54 Å². The lowest BCUT2D eigenvalue weighted by atomic mass is 9.87. The summed E-state index contributed by atoms with van der Waals surface area (Å²) in [6, 6.07) is 5.82. The molecule has 0 bridgehead atoms. The van der Waals surface area contributed by atoms with Crippen LogP contribution >= 0.6 is 0 Å². The number of hydrogen-bond donors (Lipinski definition) is 2. The Morgan fingerprint density at radius 1 is 1.22 bits per heavy atom. The molecule has 1 aromatic carbocycles. The molecule has 1 rings (SSSR count). The first-order valence-electron chi connectivity index (χ1n) is 8.36. The van der Waals surface area contributed by atoms with E-state index < -0.39 is 11.9 Å². The molecule has 0 heterocycles. The number of carboxylic acid groups (broad SMARTS) is 1. The second-order valence-corrected chi connectivity index (χ2v) is 5.62. The van der Waals surface area contributed by atoms with Crippen LogP contribution in [-0.2, 0) is 11.2 Å². The molecule has 2 unspecified atom stereocenters. The lowest BCUT2D eigenvalue weighted by Crippen LogP contribution is -2.26. The van der Waals surface area contributed by atoms with Gasteiger partial charge in [-0.1, -0.05) is 13.3 Å². The largest absolute Gasteiger partial charge is 0.494 e. The number of carboxylic acids is 1. The normalized spacial score (nSPS) is 13.4. The Hall–Kier alpha value is -1.75. The van der Waals surface area contributed by atoms with E-state index in [-0.39, 0.29) is 12.5 Å². The van der Waals surface area contributed by atoms with Crippen molar-refractivity contribution >= 4 is 5.97 Å². The third-order valence-corrected chi connectivity index (χ3v) is 3.98. The van der Waals surface area contributed by atoms with E-state index in [9.17, 15) is 9.90 Å². The highest BCUT2D eigenvalue weighted by Gasteiger charge is 2.21. The molecule has 0 amide bonds. The zero-order valence-corrected chi connectivity index (χ0v) is 14.4. The zero-order chi connectivity index (χ0) is 17.2. The summed E-state index contributed by atoms with van der Waals surface area (Å²) < 4.78 is 11.3. The maximum absolute atomic E-state index is 11.2. The Kier molecular flexibility index (Phi) is 8.48. The standard InChI is InChI=1S/C18H29NO4/c1-4-13(10-15(12-19)18(20)21)9-14-11-16(22-5-2)7-8-17(14)23-6-3/h7-8,11,13,15H,4-6,9-10,12,19H2,1-3H3,(H,20,21). The highest BCUT2D eigenvalue weighted by molar-refractivity contribution is 5.70. The molecule has 0 fully saturated rings. The van der Waals surface area contributed by atoms with Crippen LogP contribution in [0.3, 0.4) is 0 Å². The molecular weight excluding hydrogens is 294 g/mol. The van der Waals surface area contributed by atoms with E-state index in [1.807, 2.05) is 32.0 Å². The van der Waals surface area contributed by atoms with Crippen LogP contribution < -0.4 is 15.2 Å². The lowest BCUT2D eigenvalue weighted by Gasteiger charge is -2.21. The van der Waals surface area contributed by atoms with Gasteiger partial charge in [0.05, 0.1) is 19.1 Å². The third kappa shape index (κ3) is 6.10. The minimum Gasteiger partial charge on any atom is -0.494 e. The number of carbonyl (C=O) groups is 1. The predicted molar refractivity (Wildman–Crippen MR) is 91.1 cm³/mol. The van der Waals surface area contributed by atoms with Gasteiger partial charge in [-0.3, -0.25) is 4.79 Å². The van der Waals surface area contributed by atoms with Gasteiger partial charge in [-0.05, 0) is 56.4 Å². The van der Waals surface area contributed by atoms with E-state index >= 15 is 0 Å². The Morgan fingerprint density at radius 3 is 2.43 bits per heavy atom. The Bertz CT molecular complexity index is 490. The number of nitrogens with two attached hydrogens (primary N) is 1. The average Bonchev–Trinajstić information content (AvgIpc) is 2.53. The van der Waals surface area contributed by atoms with Gasteiger partial charge < -0.3 is 20.3 Å². The topological polar surface area (TPSA) is 81.8 Å². The first kappa shape index (κ1) is 19.3. The SMILES string of the molecule is CCOc1ccc(OCC)c(CC(CC)CC(CN)C(=O)O)c1. The number of hydrogen-bond acceptors (Lipinski definition) is 4. The number of ether oxygens (including phenoxy) is 2. The molecule has 0 aliphatic carbocycles. The van der Waals surface area contributed by atoms with Crippen molar-refractivity contribution in [2.45, 2.75) is 40.0 Å². The molecule has 0 saturated carbocycles. The molecule has 0 aliphatic heterocycles. The fourth-order valence-corrected chi connectivity index (χ4v) is 2.67. The summed E-state index contributed by atoms with van der Waals surface area (Å²) >= 11 is 0. The number of aliphatic carboxylic acids is 1. The van der Waals surface area contributed by atoms with Gasteiger partial charge in [0.1, 0.15) is 11.5 Å². The summed E-state index contributed by atoms with van der Waals surface area (Å²) in [5.74, 6) is 0.587. The monoisotopic (exact) mass is 323 g/mol. The van der Waals surface area contributed by atoms with Crippen LogP contribution in [-0.4, -0.2) is 30.8 Å². The summed E-state index contributed by atoms with van der Waals surface area (Å²) in [7, 11) is 0. The molecule has 0 saturated heterocycles. The summed E-state index contributed by atoms with van der Waals surface area (Å²) in [5.41, 5.74) is 6.65. The second-order valence-electron chi connectivity index (χ2n) is 5.62. The molecule has 3 N–H and O–H groups in total. The minimum atomic E-state index is -0.820. The van der Waals surface area contributed by atoms with Crippen LogP contribution in [0.15, 0.2) is 18.2 Å². The van der Waals surface area contributed by atoms with Gasteiger partial charge in [-0.15, -0.1) is 0 Å². The van der Waals surface area contributed by atoms with Crippen LogP contribution in [0.5, 0.6) is 11.5 Å². The Balaban J connectivity index is 2.92. The van der Waals surface area contributed by atoms with Gasteiger partial charge in [0.2, 0.25) is 0 Å². The summed E-state index contributed by atoms with van der Waals surface area (Å²) in [6.07, 6.45) is 2.23. The van der Waals surface area contributed by atoms with Crippen molar-refractivity contribution in [2.75, 3.05) is 19.8 Å². The van der Waals surface area contributed by atoms with Crippen molar-refractivity contribution < 1.29 is 19.4 Å². The van der Waals surface area contributed by atoms with E-state index in [1.54, 1.807) is 0 Å². The fourth-order valence-electron chi connectivity index (χ4n) is 2.67. The highest BCUT2D eigenvalue weighted by Crippen LogP contribution is 2.30. The quantitative estimate of drug-likeness (QED) is 0.654. The van der Waals surface area contributed by atoms with Gasteiger partial charge in [0.25, 0.3) is 0 Å². The van der Waals surface area contributed by atoms with Crippen LogP contribution in [0, 0.1) is 11.8 Å². The Morgan fingerprint density at radius 2 is 1.91 bits per heavy atom. The van der Waals surface area contributed by atoms with Crippen molar-refractivity contribution in [2.24, 2.45) is 17.6 Å². The third-order valence-electron chi connectivity index (χ3n) is 3.98. The van der Waals surface area contributed by atoms with Gasteiger partial charge in [-0.2, -0.15) is 0 Å². The molecule has 0 aliphatic rings. The molecule has 0 radical (unpaired) electrons. The first-order chi connectivity index (χ1) is 11.0. The van der Waals surface area contributed by atoms with Crippen molar-refractivity contribution in [3.63, 3.8) is 0 Å². The number of rotatable bonds is 11. The summed E-state index contributed by atoms with van der Waals surface area (Å²) in [5, 5.41) is 9.21. The van der Waals surface area contributed by atoms with E-state index in [0.29, 0.717) is 19.6 Å². The fraction of sp³-hybridized carbons (Fsp3) is 0.611. The first-order valence-corrected chi connectivity index (χ1v) is 8.36. The minimum absolute atomic E-state index is 0.170. The Labute approximate surface area is 138 Å². The van der Waals surface area contributed by atoms with Crippen molar-refractivity contribution in [1.29, 1.82) is 0 Å². The predicted octanol–water partition coefficient (Wildman–Crippen LogP) is 3.10. The van der Waals surface area contributed by atoms with E-state index in [4.69, 9.17) is 15.2 Å². The number of benzene rings is 1. The van der Waals surface area contributed by atoms with Crippen LogP contribution in [0.1, 0.15) is 39.2 Å². The van der Waals surface area contributed by atoms with Crippen LogP contribution in [0.4, 0.5) is 0 Å². The molecule has 130 valence electrons. The molecule has 0 aromatic heterocycles. The molecule has 5 heteroatoms. The molecule has 2 atom stereocenters. The summed E-state index contributed by atoms with van der Waals surface area (Å²) in [4.78, 5) is 11.2. The smallest absolute Gasteiger partial charge is 0.307 e. The van der Waals surface area contributed by atoms with E-state index in [1.165, 1.54) is 0 Å². The van der Waals surface area contributed by atoms with Gasteiger partial charge in [-0.25, -0.2) is 0 Å². The summed E-state index contributed by atoms with van der Waals surface area (Å²) in [6.45, 7) is 7.35. The molecule has 1 aromatic rings. The van der Waals surface area contributed by atoms with Crippen molar-refractivity contribution in [1.82, 2.24) is 0 Å². The van der Waals surface area contributed by atoms with Gasteiger partial charge in [0.15, 0.2) is 0 Å². The maximum atomic E-state index is 11.2. The molecule has 23 heavy (non-hydrogen) atoms. The average molecular weight is 323 g/mol. The lowest BCUT2D eigenvalue weighted by molar-refractivity contribution is -0.142. The highest BCUT2D eigenvalue weighted by atomic mass is 16.5. The maximum Gasteiger partial charge on any atom is 0.307 e. The molecule has 0 spiro atoms. The van der Waals surface area contributed by atoms with Crippen molar-refractivity contribution in [3.8, 4) is 11.5 Å². The van der Waals surface area contributed by atoms with E-state index in [0.717, 1.165) is 29.9 Å².